The molecule has 8 aromatic carbocycles. The standard InChI is InChI=1S/2C27H15N3.Mo/c2*1-28-25-13-7-4-10-22(25)19-16-20(23-11-5-8-14-26(23)29-2)18-21(17-19)24-12-6-9-15-27(24)30-3;/h2*4-18H;. The molecule has 0 fully saturated rings. The third-order valence-corrected chi connectivity index (χ3v) is 9.88. The third kappa shape index (κ3) is 9.10. The SMILES string of the molecule is [C-]#[N+]c1ccccc1-c1cc(-c2ccccc2[N+]#[C-])cc(-c2ccccc2[N+]#[C-])c1.[C-]#[N+]c1ccccc1-c1cc(-c2ccccc2[N+]#[C-])cc(-c2ccccc2[N+]#[C-])c1.[Mo]. The molecule has 0 unspecified atom stereocenters. The number of benzene rings is 8. The van der Waals surface area contributed by atoms with Gasteiger partial charge in [0, 0.05) is 21.1 Å². The average molecular weight is 859 g/mol. The molecule has 6 nitrogen and oxygen atoms in total. The van der Waals surface area contributed by atoms with Crippen molar-refractivity contribution in [3.63, 3.8) is 0 Å². The van der Waals surface area contributed by atoms with Gasteiger partial charge in [-0.1, -0.05) is 146 Å². The molecule has 0 N–H and O–H groups in total. The van der Waals surface area contributed by atoms with Gasteiger partial charge in [0.1, 0.15) is 0 Å². The summed E-state index contributed by atoms with van der Waals surface area (Å²) in [6, 6.07) is 57.0. The Kier molecular flexibility index (Phi) is 13.6. The summed E-state index contributed by atoms with van der Waals surface area (Å²) in [6.45, 7) is 45.3. The van der Waals surface area contributed by atoms with Gasteiger partial charge in [0.25, 0.3) is 0 Å². The average Bonchev–Trinajstić information content (AvgIpc) is 3.33. The molecular weight excluding hydrogens is 829 g/mol. The summed E-state index contributed by atoms with van der Waals surface area (Å²) < 4.78 is 0. The molecule has 0 atom stereocenters. The van der Waals surface area contributed by atoms with Gasteiger partial charge in [0.2, 0.25) is 0 Å². The molecule has 0 amide bonds. The van der Waals surface area contributed by atoms with E-state index in [1.165, 1.54) is 0 Å². The van der Waals surface area contributed by atoms with E-state index < -0.39 is 0 Å². The Hall–Kier alpha value is -8.61. The fourth-order valence-corrected chi connectivity index (χ4v) is 7.08. The smallest absolute Gasteiger partial charge is 0.194 e. The molecule has 0 aliphatic carbocycles. The van der Waals surface area contributed by atoms with Crippen LogP contribution in [0.15, 0.2) is 182 Å². The van der Waals surface area contributed by atoms with E-state index in [0.29, 0.717) is 34.1 Å². The van der Waals surface area contributed by atoms with Crippen molar-refractivity contribution in [2.75, 3.05) is 0 Å². The van der Waals surface area contributed by atoms with Crippen molar-refractivity contribution in [2.24, 2.45) is 0 Å². The number of hydrogen-bond acceptors (Lipinski definition) is 0. The molecule has 7 heteroatoms. The molecule has 0 aliphatic rings. The molecule has 0 saturated carbocycles. The van der Waals surface area contributed by atoms with E-state index in [1.807, 2.05) is 146 Å². The first-order valence-corrected chi connectivity index (χ1v) is 18.6. The normalized spacial score (nSPS) is 9.74. The van der Waals surface area contributed by atoms with Crippen LogP contribution in [0.3, 0.4) is 0 Å². The van der Waals surface area contributed by atoms with E-state index in [1.54, 1.807) is 36.4 Å². The second-order valence-electron chi connectivity index (χ2n) is 13.4. The van der Waals surface area contributed by atoms with E-state index in [4.69, 9.17) is 39.4 Å². The van der Waals surface area contributed by atoms with Gasteiger partial charge in [0.15, 0.2) is 34.1 Å². The second-order valence-corrected chi connectivity index (χ2v) is 13.4. The fraction of sp³-hybridized carbons (Fsp3) is 0. The van der Waals surface area contributed by atoms with Crippen LogP contribution in [0.25, 0.3) is 95.8 Å². The van der Waals surface area contributed by atoms with Crippen molar-refractivity contribution in [3.05, 3.63) is 250 Å². The van der Waals surface area contributed by atoms with E-state index in [-0.39, 0.29) is 21.1 Å². The monoisotopic (exact) mass is 860 g/mol. The minimum Gasteiger partial charge on any atom is -0.238 e. The van der Waals surface area contributed by atoms with Crippen LogP contribution in [0, 0.1) is 39.4 Å². The molecule has 0 heterocycles. The zero-order chi connectivity index (χ0) is 41.8. The summed E-state index contributed by atoms with van der Waals surface area (Å²) in [5.41, 5.74) is 13.7. The van der Waals surface area contributed by atoms with Crippen LogP contribution >= 0.6 is 0 Å². The maximum atomic E-state index is 7.54. The van der Waals surface area contributed by atoms with Gasteiger partial charge in [-0.3, -0.25) is 0 Å². The minimum absolute atomic E-state index is 0. The van der Waals surface area contributed by atoms with Gasteiger partial charge in [-0.05, 0) is 103 Å². The van der Waals surface area contributed by atoms with Crippen LogP contribution in [0.4, 0.5) is 34.1 Å². The zero-order valence-corrected chi connectivity index (χ0v) is 34.4. The van der Waals surface area contributed by atoms with E-state index in [9.17, 15) is 0 Å². The molecule has 0 bridgehead atoms. The number of hydrogen-bond donors (Lipinski definition) is 0. The summed E-state index contributed by atoms with van der Waals surface area (Å²) in [7, 11) is 0. The Labute approximate surface area is 370 Å². The second kappa shape index (κ2) is 19.7. The number of para-hydroxylation sites is 6. The molecule has 8 aromatic rings. The first kappa shape index (κ1) is 42.0. The van der Waals surface area contributed by atoms with Crippen molar-refractivity contribution < 1.29 is 21.1 Å². The topological polar surface area (TPSA) is 26.2 Å². The summed E-state index contributed by atoms with van der Waals surface area (Å²) >= 11 is 0. The first-order chi connectivity index (χ1) is 29.5. The van der Waals surface area contributed by atoms with Crippen LogP contribution in [0.5, 0.6) is 0 Å². The maximum Gasteiger partial charge on any atom is 0.194 e. The summed E-state index contributed by atoms with van der Waals surface area (Å²) in [5.74, 6) is 0. The molecule has 282 valence electrons. The molecule has 8 rings (SSSR count). The van der Waals surface area contributed by atoms with Gasteiger partial charge >= 0.3 is 0 Å². The Morgan fingerprint density at radius 2 is 0.344 bits per heavy atom. The largest absolute Gasteiger partial charge is 0.238 e. The zero-order valence-electron chi connectivity index (χ0n) is 32.4. The predicted octanol–water partition coefficient (Wildman–Crippen LogP) is 16.7. The van der Waals surface area contributed by atoms with Crippen molar-refractivity contribution in [1.29, 1.82) is 0 Å². The van der Waals surface area contributed by atoms with Crippen molar-refractivity contribution in [3.8, 4) is 66.8 Å². The van der Waals surface area contributed by atoms with Crippen LogP contribution in [0.1, 0.15) is 0 Å². The maximum absolute atomic E-state index is 7.54. The number of nitrogens with zero attached hydrogens (tertiary/aromatic N) is 6. The Morgan fingerprint density at radius 1 is 0.213 bits per heavy atom. The summed E-state index contributed by atoms with van der Waals surface area (Å²) in [4.78, 5) is 22.0. The Balaban J connectivity index is 0.000000201. The fourth-order valence-electron chi connectivity index (χ4n) is 7.08. The summed E-state index contributed by atoms with van der Waals surface area (Å²) in [6.07, 6.45) is 0. The Morgan fingerprint density at radius 3 is 0.475 bits per heavy atom. The van der Waals surface area contributed by atoms with Gasteiger partial charge < -0.3 is 0 Å². The quantitative estimate of drug-likeness (QED) is 0.118. The van der Waals surface area contributed by atoms with Gasteiger partial charge in [-0.15, -0.1) is 0 Å². The van der Waals surface area contributed by atoms with Crippen molar-refractivity contribution >= 4 is 34.1 Å². The molecule has 0 saturated heterocycles. The van der Waals surface area contributed by atoms with E-state index >= 15 is 0 Å². The molecule has 0 aromatic heterocycles. The van der Waals surface area contributed by atoms with Gasteiger partial charge in [0.05, 0.1) is 39.4 Å². The predicted molar refractivity (Wildman–Crippen MR) is 243 cm³/mol. The molecule has 61 heavy (non-hydrogen) atoms. The molecule has 0 radical (unpaired) electrons. The molecule has 0 aliphatic heterocycles. The Bertz CT molecular complexity index is 2620. The van der Waals surface area contributed by atoms with Crippen LogP contribution in [-0.4, -0.2) is 0 Å². The van der Waals surface area contributed by atoms with Crippen LogP contribution in [-0.2, 0) is 21.1 Å². The molecular formula is C54H30MoN6. The third-order valence-electron chi connectivity index (χ3n) is 9.88. The van der Waals surface area contributed by atoms with Crippen molar-refractivity contribution in [2.45, 2.75) is 0 Å². The van der Waals surface area contributed by atoms with Crippen molar-refractivity contribution in [1.82, 2.24) is 0 Å². The van der Waals surface area contributed by atoms with Gasteiger partial charge in [-0.25, -0.2) is 29.1 Å². The van der Waals surface area contributed by atoms with E-state index in [2.05, 4.69) is 29.1 Å². The van der Waals surface area contributed by atoms with Gasteiger partial charge in [-0.2, -0.15) is 0 Å². The number of rotatable bonds is 6. The minimum atomic E-state index is 0. The van der Waals surface area contributed by atoms with Crippen LogP contribution in [0.2, 0.25) is 0 Å². The summed E-state index contributed by atoms with van der Waals surface area (Å²) in [5, 5.41) is 0. The van der Waals surface area contributed by atoms with E-state index in [0.717, 1.165) is 66.8 Å². The van der Waals surface area contributed by atoms with Crippen LogP contribution < -0.4 is 0 Å². The first-order valence-electron chi connectivity index (χ1n) is 18.6. The molecule has 0 spiro atoms.